The smallest absolute Gasteiger partial charge is 0.260 e. The van der Waals surface area contributed by atoms with E-state index in [1.165, 1.54) is 35.2 Å². The second kappa shape index (κ2) is 10.6. The molecule has 0 spiro atoms. The summed E-state index contributed by atoms with van der Waals surface area (Å²) in [5, 5.41) is 15.5. The van der Waals surface area contributed by atoms with Gasteiger partial charge in [0, 0.05) is 32.2 Å². The number of aryl methyl sites for hydroxylation is 1. The Morgan fingerprint density at radius 3 is 2.76 bits per heavy atom. The molecule has 3 aromatic rings. The van der Waals surface area contributed by atoms with Gasteiger partial charge in [0.25, 0.3) is 5.91 Å². The Morgan fingerprint density at radius 2 is 2.03 bits per heavy atom. The Kier molecular flexibility index (Phi) is 7.40. The summed E-state index contributed by atoms with van der Waals surface area (Å²) in [5.74, 6) is 0.326. The van der Waals surface area contributed by atoms with E-state index >= 15 is 0 Å². The van der Waals surface area contributed by atoms with Crippen LogP contribution in [0.3, 0.4) is 0 Å². The molecular weight excluding hydrogens is 471 g/mol. The molecule has 3 heterocycles. The molecule has 10 nitrogen and oxygen atoms in total. The SMILES string of the molecule is Cc1cc(NC(=O)CSc2nnc(N3CCN(C(=O)COc4ccccc4F)CC3)s2)no1. The maximum atomic E-state index is 13.6. The predicted molar refractivity (Wildman–Crippen MR) is 121 cm³/mol. The number of hydrogen-bond donors (Lipinski definition) is 1. The Bertz CT molecular complexity index is 1120. The van der Waals surface area contributed by atoms with Gasteiger partial charge >= 0.3 is 0 Å². The average Bonchev–Trinajstić information content (AvgIpc) is 3.46. The van der Waals surface area contributed by atoms with Crippen molar-refractivity contribution >= 4 is 45.9 Å². The fourth-order valence-electron chi connectivity index (χ4n) is 3.06. The minimum atomic E-state index is -0.495. The summed E-state index contributed by atoms with van der Waals surface area (Å²) in [7, 11) is 0. The monoisotopic (exact) mass is 492 g/mol. The number of halogens is 1. The maximum absolute atomic E-state index is 13.6. The van der Waals surface area contributed by atoms with Crippen molar-refractivity contribution in [3.8, 4) is 5.75 Å². The van der Waals surface area contributed by atoms with Crippen LogP contribution in [0.15, 0.2) is 39.2 Å². The van der Waals surface area contributed by atoms with Crippen molar-refractivity contribution < 1.29 is 23.2 Å². The first-order valence-corrected chi connectivity index (χ1v) is 11.9. The number of carbonyl (C=O) groups is 2. The maximum Gasteiger partial charge on any atom is 0.260 e. The van der Waals surface area contributed by atoms with Crippen LogP contribution in [-0.4, -0.2) is 70.6 Å². The average molecular weight is 493 g/mol. The highest BCUT2D eigenvalue weighted by molar-refractivity contribution is 8.01. The first kappa shape index (κ1) is 23.0. The van der Waals surface area contributed by atoms with Gasteiger partial charge in [-0.05, 0) is 19.1 Å². The molecular formula is C20H21FN6O4S2. The third-order valence-corrected chi connectivity index (χ3v) is 6.83. The molecule has 1 fully saturated rings. The molecule has 0 atom stereocenters. The summed E-state index contributed by atoms with van der Waals surface area (Å²) < 4.78 is 24.5. The molecule has 2 aromatic heterocycles. The van der Waals surface area contributed by atoms with Gasteiger partial charge in [0.1, 0.15) is 5.76 Å². The van der Waals surface area contributed by atoms with Crippen molar-refractivity contribution in [2.75, 3.05) is 48.8 Å². The number of carbonyl (C=O) groups excluding carboxylic acids is 2. The molecule has 1 aliphatic heterocycles. The molecule has 1 N–H and O–H groups in total. The number of anilines is 2. The van der Waals surface area contributed by atoms with E-state index in [4.69, 9.17) is 9.26 Å². The number of nitrogens with zero attached hydrogens (tertiary/aromatic N) is 5. The molecule has 4 rings (SSSR count). The van der Waals surface area contributed by atoms with Crippen LogP contribution < -0.4 is 15.0 Å². The largest absolute Gasteiger partial charge is 0.481 e. The number of aromatic nitrogens is 3. The highest BCUT2D eigenvalue weighted by Gasteiger charge is 2.24. The normalized spacial score (nSPS) is 13.8. The van der Waals surface area contributed by atoms with E-state index < -0.39 is 5.82 Å². The van der Waals surface area contributed by atoms with E-state index in [1.54, 1.807) is 30.0 Å². The van der Waals surface area contributed by atoms with Gasteiger partial charge in [-0.2, -0.15) is 0 Å². The van der Waals surface area contributed by atoms with Crippen LogP contribution in [0.2, 0.25) is 0 Å². The zero-order chi connectivity index (χ0) is 23.2. The zero-order valence-electron chi connectivity index (χ0n) is 17.7. The summed E-state index contributed by atoms with van der Waals surface area (Å²) >= 11 is 2.68. The van der Waals surface area contributed by atoms with Gasteiger partial charge in [0.2, 0.25) is 11.0 Å². The number of amides is 2. The summed E-state index contributed by atoms with van der Waals surface area (Å²) in [6.45, 7) is 3.72. The lowest BCUT2D eigenvalue weighted by Crippen LogP contribution is -2.50. The molecule has 0 radical (unpaired) electrons. The van der Waals surface area contributed by atoms with E-state index in [2.05, 4.69) is 20.7 Å². The molecule has 0 saturated carbocycles. The van der Waals surface area contributed by atoms with Crippen LogP contribution in [0, 0.1) is 12.7 Å². The molecule has 13 heteroatoms. The molecule has 2 amide bonds. The molecule has 1 aromatic carbocycles. The first-order chi connectivity index (χ1) is 16.0. The standard InChI is InChI=1S/C20H21FN6O4S2/c1-13-10-16(25-31-13)22-17(28)12-32-20-24-23-19(33-20)27-8-6-26(7-9-27)18(29)11-30-15-5-3-2-4-14(15)21/h2-5,10H,6-9,11-12H2,1H3,(H,22,25,28). The molecule has 33 heavy (non-hydrogen) atoms. The number of rotatable bonds is 8. The highest BCUT2D eigenvalue weighted by Crippen LogP contribution is 2.28. The van der Waals surface area contributed by atoms with Crippen molar-refractivity contribution in [2.45, 2.75) is 11.3 Å². The van der Waals surface area contributed by atoms with E-state index in [9.17, 15) is 14.0 Å². The minimum absolute atomic E-state index is 0.0631. The van der Waals surface area contributed by atoms with Gasteiger partial charge in [-0.25, -0.2) is 4.39 Å². The van der Waals surface area contributed by atoms with Crippen molar-refractivity contribution in [3.05, 3.63) is 41.9 Å². The second-order valence-electron chi connectivity index (χ2n) is 7.10. The highest BCUT2D eigenvalue weighted by atomic mass is 32.2. The second-order valence-corrected chi connectivity index (χ2v) is 9.28. The van der Waals surface area contributed by atoms with Gasteiger partial charge in [-0.1, -0.05) is 40.4 Å². The molecule has 1 aliphatic rings. The minimum Gasteiger partial charge on any atom is -0.481 e. The number of hydrogen-bond acceptors (Lipinski definition) is 10. The van der Waals surface area contributed by atoms with Crippen LogP contribution in [-0.2, 0) is 9.59 Å². The molecule has 0 bridgehead atoms. The summed E-state index contributed by atoms with van der Waals surface area (Å²) in [4.78, 5) is 28.2. The van der Waals surface area contributed by atoms with Crippen LogP contribution in [0.5, 0.6) is 5.75 Å². The topological polar surface area (TPSA) is 114 Å². The number of benzene rings is 1. The predicted octanol–water partition coefficient (Wildman–Crippen LogP) is 2.43. The Labute approximate surface area is 197 Å². The molecule has 1 saturated heterocycles. The van der Waals surface area contributed by atoms with Crippen molar-refractivity contribution in [1.29, 1.82) is 0 Å². The molecule has 174 valence electrons. The quantitative estimate of drug-likeness (QED) is 0.474. The summed E-state index contributed by atoms with van der Waals surface area (Å²) in [6.07, 6.45) is 0. The Hall–Kier alpha value is -3.19. The van der Waals surface area contributed by atoms with E-state index in [0.29, 0.717) is 42.1 Å². The van der Waals surface area contributed by atoms with Gasteiger partial charge in [-0.15, -0.1) is 10.2 Å². The third kappa shape index (κ3) is 6.20. The van der Waals surface area contributed by atoms with E-state index in [0.717, 1.165) is 5.13 Å². The van der Waals surface area contributed by atoms with Gasteiger partial charge < -0.3 is 24.4 Å². The Morgan fingerprint density at radius 1 is 1.24 bits per heavy atom. The van der Waals surface area contributed by atoms with E-state index in [1.807, 2.05) is 4.90 Å². The van der Waals surface area contributed by atoms with Crippen molar-refractivity contribution in [2.24, 2.45) is 0 Å². The van der Waals surface area contributed by atoms with Gasteiger partial charge in [0.05, 0.1) is 5.75 Å². The molecule has 0 aliphatic carbocycles. The lowest BCUT2D eigenvalue weighted by molar-refractivity contribution is -0.133. The molecule has 0 unspecified atom stereocenters. The van der Waals surface area contributed by atoms with Crippen LogP contribution in [0.25, 0.3) is 0 Å². The summed E-state index contributed by atoms with van der Waals surface area (Å²) in [6, 6.07) is 7.64. The van der Waals surface area contributed by atoms with Crippen LogP contribution in [0.4, 0.5) is 15.3 Å². The number of para-hydroxylation sites is 1. The van der Waals surface area contributed by atoms with Gasteiger partial charge in [0.15, 0.2) is 28.3 Å². The van der Waals surface area contributed by atoms with Crippen LogP contribution in [0.1, 0.15) is 5.76 Å². The fourth-order valence-corrected chi connectivity index (χ4v) is 4.75. The number of ether oxygens (including phenoxy) is 1. The third-order valence-electron chi connectivity index (χ3n) is 4.71. The van der Waals surface area contributed by atoms with Crippen molar-refractivity contribution in [1.82, 2.24) is 20.3 Å². The Balaban J connectivity index is 1.20. The summed E-state index contributed by atoms with van der Waals surface area (Å²) in [5.41, 5.74) is 0. The zero-order valence-corrected chi connectivity index (χ0v) is 19.3. The first-order valence-electron chi connectivity index (χ1n) is 10.1. The lowest BCUT2D eigenvalue weighted by Gasteiger charge is -2.34. The number of piperazine rings is 1. The lowest BCUT2D eigenvalue weighted by atomic mass is 10.3. The number of nitrogens with one attached hydrogen (secondary N) is 1. The number of thioether (sulfide) groups is 1. The van der Waals surface area contributed by atoms with E-state index in [-0.39, 0.29) is 29.9 Å². The van der Waals surface area contributed by atoms with Crippen molar-refractivity contribution in [3.63, 3.8) is 0 Å². The fraction of sp³-hybridized carbons (Fsp3) is 0.350. The van der Waals surface area contributed by atoms with Gasteiger partial charge in [-0.3, -0.25) is 9.59 Å². The van der Waals surface area contributed by atoms with Crippen LogP contribution >= 0.6 is 23.1 Å².